The smallest absolute Gasteiger partial charge is 0.259 e. The number of aromatic nitrogens is 2. The molecule has 0 saturated carbocycles. The number of carbonyl (C=O) groups is 1. The van der Waals surface area contributed by atoms with Crippen LogP contribution >= 0.6 is 0 Å². The number of benzene rings is 2. The summed E-state index contributed by atoms with van der Waals surface area (Å²) < 4.78 is 10.7. The van der Waals surface area contributed by atoms with Crippen LogP contribution in [0.25, 0.3) is 22.4 Å². The van der Waals surface area contributed by atoms with Crippen molar-refractivity contribution in [1.29, 1.82) is 0 Å². The van der Waals surface area contributed by atoms with Crippen molar-refractivity contribution in [2.24, 2.45) is 0 Å². The lowest BCUT2D eigenvalue weighted by Crippen LogP contribution is -2.49. The molecule has 0 spiro atoms. The SMILES string of the molecule is COc1ccc(CCN2CCN(C(=O)c3cc(-c4ccccc4)nc4onc(C)c34)CC2)cc1. The van der Waals surface area contributed by atoms with Crippen molar-refractivity contribution in [3.63, 3.8) is 0 Å². The number of amides is 1. The molecule has 1 aliphatic heterocycles. The first kappa shape index (κ1) is 22.1. The van der Waals surface area contributed by atoms with Crippen molar-refractivity contribution in [3.8, 4) is 17.0 Å². The van der Waals surface area contributed by atoms with Crippen LogP contribution < -0.4 is 4.74 Å². The largest absolute Gasteiger partial charge is 0.497 e. The van der Waals surface area contributed by atoms with Gasteiger partial charge in [-0.2, -0.15) is 0 Å². The second kappa shape index (κ2) is 9.65. The van der Waals surface area contributed by atoms with Crippen molar-refractivity contribution in [2.75, 3.05) is 39.8 Å². The van der Waals surface area contributed by atoms with Crippen molar-refractivity contribution < 1.29 is 14.1 Å². The molecule has 1 amide bonds. The molecule has 174 valence electrons. The number of ether oxygens (including phenoxy) is 1. The minimum atomic E-state index is 0.00526. The van der Waals surface area contributed by atoms with Crippen molar-refractivity contribution >= 4 is 17.0 Å². The molecule has 1 saturated heterocycles. The predicted molar refractivity (Wildman–Crippen MR) is 131 cm³/mol. The van der Waals surface area contributed by atoms with Gasteiger partial charge in [0.25, 0.3) is 11.6 Å². The highest BCUT2D eigenvalue weighted by Gasteiger charge is 2.26. The Hall–Kier alpha value is -3.71. The van der Waals surface area contributed by atoms with Crippen LogP contribution in [0, 0.1) is 6.92 Å². The fourth-order valence-corrected chi connectivity index (χ4v) is 4.44. The Balaban J connectivity index is 1.28. The van der Waals surface area contributed by atoms with E-state index in [1.54, 1.807) is 7.11 Å². The summed E-state index contributed by atoms with van der Waals surface area (Å²) in [5.74, 6) is 0.880. The van der Waals surface area contributed by atoms with Crippen molar-refractivity contribution in [3.05, 3.63) is 77.5 Å². The molecule has 1 aliphatic rings. The van der Waals surface area contributed by atoms with Crippen molar-refractivity contribution in [1.82, 2.24) is 19.9 Å². The molecular weight excluding hydrogens is 428 g/mol. The van der Waals surface area contributed by atoms with E-state index < -0.39 is 0 Å². The second-order valence-corrected chi connectivity index (χ2v) is 8.60. The zero-order chi connectivity index (χ0) is 23.5. The van der Waals surface area contributed by atoms with E-state index in [-0.39, 0.29) is 5.91 Å². The van der Waals surface area contributed by atoms with Crippen LogP contribution in [0.5, 0.6) is 5.75 Å². The number of hydrogen-bond donors (Lipinski definition) is 0. The molecular formula is C27H28N4O3. The van der Waals surface area contributed by atoms with E-state index in [1.807, 2.05) is 60.4 Å². The highest BCUT2D eigenvalue weighted by atomic mass is 16.5. The van der Waals surface area contributed by atoms with Gasteiger partial charge in [0, 0.05) is 38.3 Å². The standard InChI is InChI=1S/C27H28N4O3/c1-19-25-23(18-24(28-26(25)34-29-19)21-6-4-3-5-7-21)27(32)31-16-14-30(15-17-31)13-12-20-8-10-22(33-2)11-9-20/h3-11,18H,12-17H2,1-2H3. The van der Waals surface area contributed by atoms with Gasteiger partial charge in [-0.1, -0.05) is 47.6 Å². The van der Waals surface area contributed by atoms with Gasteiger partial charge in [0.2, 0.25) is 0 Å². The first-order valence-corrected chi connectivity index (χ1v) is 11.6. The maximum Gasteiger partial charge on any atom is 0.259 e. The number of carbonyl (C=O) groups excluding carboxylic acids is 1. The number of fused-ring (bicyclic) bond motifs is 1. The quantitative estimate of drug-likeness (QED) is 0.433. The number of rotatable bonds is 6. The topological polar surface area (TPSA) is 71.7 Å². The lowest BCUT2D eigenvalue weighted by atomic mass is 10.0. The lowest BCUT2D eigenvalue weighted by Gasteiger charge is -2.35. The molecule has 5 rings (SSSR count). The number of nitrogens with zero attached hydrogens (tertiary/aromatic N) is 4. The molecule has 7 nitrogen and oxygen atoms in total. The average molecular weight is 457 g/mol. The number of hydrogen-bond acceptors (Lipinski definition) is 6. The number of methoxy groups -OCH3 is 1. The summed E-state index contributed by atoms with van der Waals surface area (Å²) in [6.07, 6.45) is 0.975. The van der Waals surface area contributed by atoms with E-state index in [9.17, 15) is 4.79 Å². The third-order valence-electron chi connectivity index (χ3n) is 6.45. The van der Waals surface area contributed by atoms with Gasteiger partial charge in [0.1, 0.15) is 5.75 Å². The summed E-state index contributed by atoms with van der Waals surface area (Å²) >= 11 is 0. The Morgan fingerprint density at radius 2 is 1.76 bits per heavy atom. The van der Waals surface area contributed by atoms with E-state index in [0.29, 0.717) is 41.1 Å². The third-order valence-corrected chi connectivity index (χ3v) is 6.45. The fourth-order valence-electron chi connectivity index (χ4n) is 4.44. The van der Waals surface area contributed by atoms with Crippen LogP contribution in [0.15, 0.2) is 65.2 Å². The van der Waals surface area contributed by atoms with Gasteiger partial charge in [-0.25, -0.2) is 4.98 Å². The Bertz CT molecular complexity index is 1280. The summed E-state index contributed by atoms with van der Waals surface area (Å²) in [6.45, 7) is 5.90. The van der Waals surface area contributed by atoms with E-state index >= 15 is 0 Å². The molecule has 3 heterocycles. The zero-order valence-electron chi connectivity index (χ0n) is 19.5. The summed E-state index contributed by atoms with van der Waals surface area (Å²) in [5.41, 5.74) is 4.63. The summed E-state index contributed by atoms with van der Waals surface area (Å²) in [7, 11) is 1.68. The Labute approximate surface area is 198 Å². The van der Waals surface area contributed by atoms with Gasteiger partial charge in [-0.05, 0) is 37.1 Å². The van der Waals surface area contributed by atoms with E-state index in [4.69, 9.17) is 9.26 Å². The van der Waals surface area contributed by atoms with Crippen molar-refractivity contribution in [2.45, 2.75) is 13.3 Å². The minimum absolute atomic E-state index is 0.00526. The van der Waals surface area contributed by atoms with Gasteiger partial charge < -0.3 is 14.2 Å². The maximum atomic E-state index is 13.6. The molecule has 34 heavy (non-hydrogen) atoms. The Morgan fingerprint density at radius 1 is 1.03 bits per heavy atom. The van der Waals surface area contributed by atoms with Crippen LogP contribution in [0.3, 0.4) is 0 Å². The molecule has 7 heteroatoms. The number of piperazine rings is 1. The first-order chi connectivity index (χ1) is 16.6. The van der Waals surface area contributed by atoms with Crippen LogP contribution in [0.2, 0.25) is 0 Å². The van der Waals surface area contributed by atoms with Crippen LogP contribution in [0.4, 0.5) is 0 Å². The van der Waals surface area contributed by atoms with Gasteiger partial charge in [0.05, 0.1) is 29.4 Å². The molecule has 0 bridgehead atoms. The van der Waals surface area contributed by atoms with E-state index in [0.717, 1.165) is 37.4 Å². The molecule has 2 aromatic carbocycles. The molecule has 0 radical (unpaired) electrons. The van der Waals surface area contributed by atoms with Gasteiger partial charge in [-0.3, -0.25) is 9.69 Å². The number of pyridine rings is 1. The summed E-state index contributed by atoms with van der Waals surface area (Å²) in [4.78, 5) is 22.6. The van der Waals surface area contributed by atoms with E-state index in [1.165, 1.54) is 5.56 Å². The maximum absolute atomic E-state index is 13.6. The monoisotopic (exact) mass is 456 g/mol. The highest BCUT2D eigenvalue weighted by Crippen LogP contribution is 2.28. The highest BCUT2D eigenvalue weighted by molar-refractivity contribution is 6.07. The molecule has 0 aliphatic carbocycles. The van der Waals surface area contributed by atoms with Crippen LogP contribution in [-0.4, -0.2) is 65.7 Å². The Morgan fingerprint density at radius 3 is 2.47 bits per heavy atom. The zero-order valence-corrected chi connectivity index (χ0v) is 19.5. The number of aryl methyl sites for hydroxylation is 1. The van der Waals surface area contributed by atoms with Gasteiger partial charge in [0.15, 0.2) is 0 Å². The molecule has 0 N–H and O–H groups in total. The predicted octanol–water partition coefficient (Wildman–Crippen LogP) is 4.21. The first-order valence-electron chi connectivity index (χ1n) is 11.6. The molecule has 0 atom stereocenters. The minimum Gasteiger partial charge on any atom is -0.497 e. The molecule has 1 fully saturated rings. The average Bonchev–Trinajstić information content (AvgIpc) is 3.28. The molecule has 2 aromatic heterocycles. The second-order valence-electron chi connectivity index (χ2n) is 8.60. The van der Waals surface area contributed by atoms with Crippen LogP contribution in [-0.2, 0) is 6.42 Å². The summed E-state index contributed by atoms with van der Waals surface area (Å²) in [6, 6.07) is 19.9. The van der Waals surface area contributed by atoms with Gasteiger partial charge in [-0.15, -0.1) is 0 Å². The fraction of sp³-hybridized carbons (Fsp3) is 0.296. The van der Waals surface area contributed by atoms with Crippen LogP contribution in [0.1, 0.15) is 21.6 Å². The lowest BCUT2D eigenvalue weighted by molar-refractivity contribution is 0.0640. The van der Waals surface area contributed by atoms with Gasteiger partial charge >= 0.3 is 0 Å². The third kappa shape index (κ3) is 4.52. The summed E-state index contributed by atoms with van der Waals surface area (Å²) in [5, 5.41) is 4.77. The van der Waals surface area contributed by atoms with E-state index in [2.05, 4.69) is 27.2 Å². The Kier molecular flexibility index (Phi) is 6.27. The normalized spacial score (nSPS) is 14.5. The molecule has 0 unspecified atom stereocenters. The molecule has 4 aromatic rings.